The molecule has 0 aliphatic carbocycles. The Bertz CT molecular complexity index is 3430. The zero-order chi connectivity index (χ0) is 38.3. The van der Waals surface area contributed by atoms with Crippen molar-refractivity contribution in [3.05, 3.63) is 205 Å². The molecule has 9 aromatic carbocycles. The second-order valence-electron chi connectivity index (χ2n) is 15.0. The largest absolute Gasteiger partial charge is 0.456 e. The molecule has 0 amide bonds. The number of fused-ring (bicyclic) bond motifs is 11. The van der Waals surface area contributed by atoms with Crippen molar-refractivity contribution in [2.45, 2.75) is 0 Å². The number of furan rings is 1. The Balaban J connectivity index is 1.12. The number of anilines is 3. The Kier molecular flexibility index (Phi) is 7.28. The van der Waals surface area contributed by atoms with E-state index in [1.54, 1.807) is 0 Å². The molecule has 0 unspecified atom stereocenters. The Morgan fingerprint density at radius 1 is 0.379 bits per heavy atom. The third-order valence-corrected chi connectivity index (χ3v) is 12.1. The van der Waals surface area contributed by atoms with Crippen LogP contribution >= 0.6 is 11.6 Å². The summed E-state index contributed by atoms with van der Waals surface area (Å²) in [4.78, 5) is 2.38. The van der Waals surface area contributed by atoms with E-state index in [4.69, 9.17) is 16.0 Å². The number of nitrogens with zero attached hydrogens (tertiary/aromatic N) is 2. The van der Waals surface area contributed by atoms with E-state index in [0.29, 0.717) is 5.02 Å². The SMILES string of the molecule is Clc1ccccc1N1c2ccc(-c3ccc4c(c3)c3ccccc3n4-c3ccccc3)cc2-c2ccccc2-c2cccc(-c3cccc4oc5ccccc5c34)c21. The molecule has 1 aliphatic heterocycles. The van der Waals surface area contributed by atoms with Crippen molar-refractivity contribution in [3.63, 3.8) is 0 Å². The Labute approximate surface area is 340 Å². The van der Waals surface area contributed by atoms with Crippen LogP contribution in [0.2, 0.25) is 5.02 Å². The smallest absolute Gasteiger partial charge is 0.136 e. The monoisotopic (exact) mass is 760 g/mol. The van der Waals surface area contributed by atoms with Crippen molar-refractivity contribution in [1.82, 2.24) is 4.57 Å². The highest BCUT2D eigenvalue weighted by atomic mass is 35.5. The molecule has 58 heavy (non-hydrogen) atoms. The van der Waals surface area contributed by atoms with Crippen LogP contribution in [0, 0.1) is 0 Å². The van der Waals surface area contributed by atoms with Crippen molar-refractivity contribution < 1.29 is 4.42 Å². The van der Waals surface area contributed by atoms with Crippen LogP contribution < -0.4 is 4.90 Å². The fraction of sp³-hybridized carbons (Fsp3) is 0. The summed E-state index contributed by atoms with van der Waals surface area (Å²) >= 11 is 7.23. The van der Waals surface area contributed by atoms with E-state index in [2.05, 4.69) is 185 Å². The number of hydrogen-bond donors (Lipinski definition) is 0. The molecule has 12 rings (SSSR count). The second-order valence-corrected chi connectivity index (χ2v) is 15.4. The summed E-state index contributed by atoms with van der Waals surface area (Å²) in [5.41, 5.74) is 17.4. The third kappa shape index (κ3) is 4.87. The quantitative estimate of drug-likeness (QED) is 0.178. The lowest BCUT2D eigenvalue weighted by Crippen LogP contribution is -2.13. The molecule has 3 nitrogen and oxygen atoms in total. The maximum absolute atomic E-state index is 7.23. The molecule has 0 N–H and O–H groups in total. The topological polar surface area (TPSA) is 21.3 Å². The predicted molar refractivity (Wildman–Crippen MR) is 243 cm³/mol. The highest BCUT2D eigenvalue weighted by molar-refractivity contribution is 6.34. The molecular formula is C54H33ClN2O. The van der Waals surface area contributed by atoms with Gasteiger partial charge in [-0.2, -0.15) is 0 Å². The van der Waals surface area contributed by atoms with E-state index in [9.17, 15) is 0 Å². The standard InChI is InChI=1S/C54H33ClN2O/c55-46-23-8-10-25-50(46)57-49-31-29-34(35-28-30-48-45(33-35)39-18-6-9-24-47(39)56(48)36-14-2-1-3-15-36)32-44(49)38-17-5-4-16-37(38)41-21-12-22-42(54(41)57)40-20-13-27-52-53(40)43-19-7-11-26-51(43)58-52/h1-33H. The lowest BCUT2D eigenvalue weighted by Gasteiger charge is -2.30. The molecular weight excluding hydrogens is 728 g/mol. The first kappa shape index (κ1) is 32.9. The van der Waals surface area contributed by atoms with E-state index < -0.39 is 0 Å². The molecule has 0 spiro atoms. The van der Waals surface area contributed by atoms with Gasteiger partial charge in [0.05, 0.1) is 33.1 Å². The summed E-state index contributed by atoms with van der Waals surface area (Å²) in [6.07, 6.45) is 0. The number of benzene rings is 9. The first-order valence-corrected chi connectivity index (χ1v) is 20.0. The normalized spacial score (nSPS) is 12.2. The van der Waals surface area contributed by atoms with Crippen LogP contribution in [0.15, 0.2) is 205 Å². The van der Waals surface area contributed by atoms with Crippen LogP contribution in [0.25, 0.3) is 93.9 Å². The average Bonchev–Trinajstić information content (AvgIpc) is 3.79. The zero-order valence-corrected chi connectivity index (χ0v) is 32.0. The molecule has 0 saturated carbocycles. The van der Waals surface area contributed by atoms with E-state index in [-0.39, 0.29) is 0 Å². The lowest BCUT2D eigenvalue weighted by molar-refractivity contribution is 0.669. The van der Waals surface area contributed by atoms with Crippen LogP contribution in [-0.2, 0) is 0 Å². The van der Waals surface area contributed by atoms with Crippen molar-refractivity contribution >= 4 is 72.4 Å². The summed E-state index contributed by atoms with van der Waals surface area (Å²) in [6.45, 7) is 0. The molecule has 0 atom stereocenters. The van der Waals surface area contributed by atoms with Crippen LogP contribution in [0.3, 0.4) is 0 Å². The number of halogens is 1. The van der Waals surface area contributed by atoms with Gasteiger partial charge in [0.1, 0.15) is 11.2 Å². The Hall–Kier alpha value is -7.33. The fourth-order valence-corrected chi connectivity index (χ4v) is 9.53. The van der Waals surface area contributed by atoms with E-state index in [1.165, 1.54) is 27.4 Å². The summed E-state index contributed by atoms with van der Waals surface area (Å²) in [5, 5.41) is 5.33. The van der Waals surface area contributed by atoms with Gasteiger partial charge in [0, 0.05) is 43.9 Å². The van der Waals surface area contributed by atoms with Crippen LogP contribution in [0.5, 0.6) is 0 Å². The molecule has 0 saturated heterocycles. The highest BCUT2D eigenvalue weighted by Gasteiger charge is 2.31. The van der Waals surface area contributed by atoms with Crippen molar-refractivity contribution in [3.8, 4) is 50.2 Å². The van der Waals surface area contributed by atoms with Gasteiger partial charge in [-0.3, -0.25) is 0 Å². The van der Waals surface area contributed by atoms with Crippen LogP contribution in [-0.4, -0.2) is 4.57 Å². The molecule has 0 fully saturated rings. The average molecular weight is 761 g/mol. The van der Waals surface area contributed by atoms with Gasteiger partial charge in [0.15, 0.2) is 0 Å². The van der Waals surface area contributed by atoms with Crippen LogP contribution in [0.4, 0.5) is 17.1 Å². The Morgan fingerprint density at radius 3 is 1.84 bits per heavy atom. The Morgan fingerprint density at radius 2 is 0.983 bits per heavy atom. The van der Waals surface area contributed by atoms with Gasteiger partial charge in [-0.15, -0.1) is 0 Å². The van der Waals surface area contributed by atoms with Crippen molar-refractivity contribution in [2.75, 3.05) is 4.90 Å². The highest BCUT2D eigenvalue weighted by Crippen LogP contribution is 2.56. The van der Waals surface area contributed by atoms with Gasteiger partial charge < -0.3 is 13.9 Å². The van der Waals surface area contributed by atoms with Gasteiger partial charge in [0.2, 0.25) is 0 Å². The van der Waals surface area contributed by atoms with Crippen LogP contribution in [0.1, 0.15) is 0 Å². The van der Waals surface area contributed by atoms with Gasteiger partial charge in [-0.1, -0.05) is 145 Å². The van der Waals surface area contributed by atoms with Gasteiger partial charge in [0.25, 0.3) is 0 Å². The summed E-state index contributed by atoms with van der Waals surface area (Å²) in [7, 11) is 0. The molecule has 0 radical (unpaired) electrons. The summed E-state index contributed by atoms with van der Waals surface area (Å²) < 4.78 is 8.79. The fourth-order valence-electron chi connectivity index (χ4n) is 9.31. The van der Waals surface area contributed by atoms with E-state index >= 15 is 0 Å². The first-order chi connectivity index (χ1) is 28.7. The maximum atomic E-state index is 7.23. The number of rotatable bonds is 4. The molecule has 272 valence electrons. The minimum absolute atomic E-state index is 0.677. The molecule has 0 bridgehead atoms. The zero-order valence-electron chi connectivity index (χ0n) is 31.2. The molecule has 11 aromatic rings. The van der Waals surface area contributed by atoms with E-state index in [0.717, 1.165) is 83.6 Å². The minimum atomic E-state index is 0.677. The summed E-state index contributed by atoms with van der Waals surface area (Å²) in [6, 6.07) is 71.5. The number of aromatic nitrogens is 1. The lowest BCUT2D eigenvalue weighted by atomic mass is 9.90. The molecule has 4 heteroatoms. The first-order valence-electron chi connectivity index (χ1n) is 19.6. The minimum Gasteiger partial charge on any atom is -0.456 e. The number of para-hydroxylation sites is 5. The molecule has 3 heterocycles. The maximum Gasteiger partial charge on any atom is 0.136 e. The van der Waals surface area contributed by atoms with Gasteiger partial charge in [-0.05, 0) is 94.5 Å². The molecule has 1 aliphatic rings. The second kappa shape index (κ2) is 12.9. The third-order valence-electron chi connectivity index (χ3n) is 11.8. The molecule has 2 aromatic heterocycles. The predicted octanol–water partition coefficient (Wildman–Crippen LogP) is 15.8. The van der Waals surface area contributed by atoms with Gasteiger partial charge >= 0.3 is 0 Å². The van der Waals surface area contributed by atoms with Crippen molar-refractivity contribution in [1.29, 1.82) is 0 Å². The number of hydrogen-bond acceptors (Lipinski definition) is 2. The van der Waals surface area contributed by atoms with E-state index in [1.807, 2.05) is 24.3 Å². The van der Waals surface area contributed by atoms with Crippen molar-refractivity contribution in [2.24, 2.45) is 0 Å². The van der Waals surface area contributed by atoms with Gasteiger partial charge in [-0.25, -0.2) is 0 Å². The summed E-state index contributed by atoms with van der Waals surface area (Å²) in [5.74, 6) is 0.